The van der Waals surface area contributed by atoms with Gasteiger partial charge in [-0.05, 0) is 27.2 Å². The van der Waals surface area contributed by atoms with Crippen molar-refractivity contribution in [3.63, 3.8) is 0 Å². The van der Waals surface area contributed by atoms with Gasteiger partial charge in [-0.1, -0.05) is 13.8 Å². The second-order valence-electron chi connectivity index (χ2n) is 5.18. The van der Waals surface area contributed by atoms with Crippen molar-refractivity contribution in [1.29, 1.82) is 0 Å². The van der Waals surface area contributed by atoms with Crippen LogP contribution in [0.4, 0.5) is 0 Å². The molecule has 4 nitrogen and oxygen atoms in total. The van der Waals surface area contributed by atoms with E-state index in [-0.39, 0.29) is 5.54 Å². The standard InChI is InChI=1S/C11H27N4P/c1-6-15(7-2)16(14-11(3,4)5)12-9-8-10-13-16/h12-13H,6-10H2,1-5H3. The molecule has 2 N–H and O–H groups in total. The Balaban J connectivity index is 3.05. The Bertz CT molecular complexity index is 256. The van der Waals surface area contributed by atoms with Gasteiger partial charge in [-0.15, -0.1) is 0 Å². The van der Waals surface area contributed by atoms with E-state index in [0.29, 0.717) is 0 Å². The highest BCUT2D eigenvalue weighted by atomic mass is 31.2. The lowest BCUT2D eigenvalue weighted by Crippen LogP contribution is -2.42. The summed E-state index contributed by atoms with van der Waals surface area (Å²) in [7, 11) is -1.66. The van der Waals surface area contributed by atoms with E-state index in [9.17, 15) is 0 Å². The maximum absolute atomic E-state index is 5.06. The predicted octanol–water partition coefficient (Wildman–Crippen LogP) is 2.66. The summed E-state index contributed by atoms with van der Waals surface area (Å²) >= 11 is 0. The molecule has 0 unspecified atom stereocenters. The summed E-state index contributed by atoms with van der Waals surface area (Å²) in [5.74, 6) is 0. The first-order valence-electron chi connectivity index (χ1n) is 6.32. The van der Waals surface area contributed by atoms with E-state index in [0.717, 1.165) is 26.2 Å². The Morgan fingerprint density at radius 1 is 1.12 bits per heavy atom. The fourth-order valence-corrected chi connectivity index (χ4v) is 5.42. The van der Waals surface area contributed by atoms with Crippen LogP contribution in [0, 0.1) is 0 Å². The zero-order chi connectivity index (χ0) is 12.2. The van der Waals surface area contributed by atoms with Gasteiger partial charge in [0.15, 0.2) is 7.51 Å². The first-order chi connectivity index (χ1) is 7.43. The molecule has 0 aromatic carbocycles. The molecule has 0 saturated carbocycles. The van der Waals surface area contributed by atoms with Gasteiger partial charge in [-0.25, -0.2) is 4.67 Å². The van der Waals surface area contributed by atoms with Crippen molar-refractivity contribution in [3.05, 3.63) is 0 Å². The Morgan fingerprint density at radius 2 is 1.62 bits per heavy atom. The first kappa shape index (κ1) is 14.2. The van der Waals surface area contributed by atoms with E-state index in [2.05, 4.69) is 49.5 Å². The number of hydrogen-bond acceptors (Lipinski definition) is 1. The van der Waals surface area contributed by atoms with Crippen molar-refractivity contribution >= 4 is 7.51 Å². The van der Waals surface area contributed by atoms with Gasteiger partial charge in [0.1, 0.15) is 0 Å². The van der Waals surface area contributed by atoms with E-state index in [4.69, 9.17) is 4.74 Å². The summed E-state index contributed by atoms with van der Waals surface area (Å²) in [5, 5.41) is 7.30. The molecule has 1 rings (SSSR count). The SMILES string of the molecule is CCN(CC)P1(=NC(C)(C)C)NCCCN1. The zero-order valence-electron chi connectivity index (χ0n) is 11.4. The minimum Gasteiger partial charge on any atom is -0.259 e. The number of rotatable bonds is 3. The molecule has 1 aliphatic heterocycles. The van der Waals surface area contributed by atoms with Crippen molar-refractivity contribution in [1.82, 2.24) is 14.8 Å². The highest BCUT2D eigenvalue weighted by molar-refractivity contribution is 7.60. The van der Waals surface area contributed by atoms with Crippen LogP contribution < -0.4 is 10.2 Å². The van der Waals surface area contributed by atoms with Crippen LogP contribution in [0.3, 0.4) is 0 Å². The van der Waals surface area contributed by atoms with Crippen molar-refractivity contribution in [2.24, 2.45) is 4.74 Å². The summed E-state index contributed by atoms with van der Waals surface area (Å²) in [5.41, 5.74) is 0.00765. The molecule has 0 amide bonds. The average Bonchev–Trinajstić information content (AvgIpc) is 2.18. The molecular weight excluding hydrogens is 219 g/mol. The lowest BCUT2D eigenvalue weighted by Gasteiger charge is -2.41. The Morgan fingerprint density at radius 3 is 2.00 bits per heavy atom. The molecule has 0 atom stereocenters. The van der Waals surface area contributed by atoms with Crippen LogP contribution in [0.2, 0.25) is 0 Å². The Labute approximate surface area is 100 Å². The van der Waals surface area contributed by atoms with Gasteiger partial charge >= 0.3 is 0 Å². The molecule has 0 radical (unpaired) electrons. The third kappa shape index (κ3) is 3.56. The van der Waals surface area contributed by atoms with Crippen LogP contribution in [0.15, 0.2) is 4.74 Å². The van der Waals surface area contributed by atoms with Crippen molar-refractivity contribution in [2.75, 3.05) is 26.2 Å². The summed E-state index contributed by atoms with van der Waals surface area (Å²) < 4.78 is 7.51. The molecular formula is C11H27N4P. The van der Waals surface area contributed by atoms with Gasteiger partial charge in [0.05, 0.1) is 5.54 Å². The molecule has 0 aromatic heterocycles. The second-order valence-corrected chi connectivity index (χ2v) is 7.78. The fourth-order valence-electron chi connectivity index (χ4n) is 2.02. The highest BCUT2D eigenvalue weighted by Crippen LogP contribution is 2.48. The monoisotopic (exact) mass is 246 g/mol. The molecule has 0 bridgehead atoms. The first-order valence-corrected chi connectivity index (χ1v) is 8.02. The van der Waals surface area contributed by atoms with Crippen LogP contribution in [0.5, 0.6) is 0 Å². The van der Waals surface area contributed by atoms with Crippen LogP contribution in [0.1, 0.15) is 41.0 Å². The minimum atomic E-state index is -1.66. The van der Waals surface area contributed by atoms with Gasteiger partial charge in [-0.2, -0.15) is 0 Å². The summed E-state index contributed by atoms with van der Waals surface area (Å²) in [6.45, 7) is 15.2. The Kier molecular flexibility index (Phi) is 4.99. The lowest BCUT2D eigenvalue weighted by molar-refractivity contribution is 0.460. The molecule has 1 aliphatic rings. The van der Waals surface area contributed by atoms with E-state index in [1.54, 1.807) is 0 Å². The Hall–Kier alpha value is 0.110. The second kappa shape index (κ2) is 5.63. The quantitative estimate of drug-likeness (QED) is 0.752. The van der Waals surface area contributed by atoms with Crippen LogP contribution >= 0.6 is 7.51 Å². The zero-order valence-corrected chi connectivity index (χ0v) is 12.3. The van der Waals surface area contributed by atoms with E-state index in [1.807, 2.05) is 0 Å². The lowest BCUT2D eigenvalue weighted by atomic mass is 10.1. The predicted molar refractivity (Wildman–Crippen MR) is 72.6 cm³/mol. The normalized spacial score (nSPS) is 21.1. The number of hydrogen-bond donors (Lipinski definition) is 2. The summed E-state index contributed by atoms with van der Waals surface area (Å²) in [6, 6.07) is 0. The van der Waals surface area contributed by atoms with Crippen LogP contribution in [-0.4, -0.2) is 36.4 Å². The van der Waals surface area contributed by atoms with Gasteiger partial charge in [0.25, 0.3) is 0 Å². The topological polar surface area (TPSA) is 39.7 Å². The molecule has 0 aromatic rings. The molecule has 1 saturated heterocycles. The number of nitrogens with zero attached hydrogens (tertiary/aromatic N) is 2. The van der Waals surface area contributed by atoms with Gasteiger partial charge < -0.3 is 0 Å². The third-order valence-corrected chi connectivity index (χ3v) is 6.21. The minimum absolute atomic E-state index is 0.00765. The van der Waals surface area contributed by atoms with Gasteiger partial charge in [0, 0.05) is 26.2 Å². The summed E-state index contributed by atoms with van der Waals surface area (Å²) in [4.78, 5) is 0. The van der Waals surface area contributed by atoms with Gasteiger partial charge in [0.2, 0.25) is 0 Å². The molecule has 96 valence electrons. The third-order valence-electron chi connectivity index (χ3n) is 2.60. The van der Waals surface area contributed by atoms with Crippen LogP contribution in [-0.2, 0) is 0 Å². The number of nitrogens with one attached hydrogen (secondary N) is 2. The smallest absolute Gasteiger partial charge is 0.163 e. The molecule has 1 heterocycles. The van der Waals surface area contributed by atoms with E-state index < -0.39 is 7.51 Å². The highest BCUT2D eigenvalue weighted by Gasteiger charge is 2.29. The van der Waals surface area contributed by atoms with Crippen LogP contribution in [0.25, 0.3) is 0 Å². The fraction of sp³-hybridized carbons (Fsp3) is 1.00. The molecule has 1 fully saturated rings. The maximum atomic E-state index is 5.06. The molecule has 16 heavy (non-hydrogen) atoms. The van der Waals surface area contributed by atoms with Crippen molar-refractivity contribution < 1.29 is 0 Å². The van der Waals surface area contributed by atoms with Crippen molar-refractivity contribution in [2.45, 2.75) is 46.6 Å². The van der Waals surface area contributed by atoms with Crippen molar-refractivity contribution in [3.8, 4) is 0 Å². The average molecular weight is 246 g/mol. The van der Waals surface area contributed by atoms with Gasteiger partial charge in [-0.3, -0.25) is 14.9 Å². The molecule has 0 spiro atoms. The molecule has 5 heteroatoms. The molecule has 0 aliphatic carbocycles. The summed E-state index contributed by atoms with van der Waals surface area (Å²) in [6.07, 6.45) is 1.20. The maximum Gasteiger partial charge on any atom is 0.163 e. The largest absolute Gasteiger partial charge is 0.259 e. The van der Waals surface area contributed by atoms with E-state index in [1.165, 1.54) is 6.42 Å². The van der Waals surface area contributed by atoms with E-state index >= 15 is 0 Å².